The highest BCUT2D eigenvalue weighted by atomic mass is 16.5. The van der Waals surface area contributed by atoms with E-state index in [0.29, 0.717) is 6.10 Å². The van der Waals surface area contributed by atoms with Crippen molar-refractivity contribution < 1.29 is 4.74 Å². The highest BCUT2D eigenvalue weighted by Gasteiger charge is 2.21. The Kier molecular flexibility index (Phi) is 5.90. The van der Waals surface area contributed by atoms with Crippen LogP contribution in [0.4, 0.5) is 0 Å². The molecule has 1 heterocycles. The maximum atomic E-state index is 9.03. The number of nitriles is 1. The molecule has 0 aliphatic carbocycles. The fourth-order valence-electron chi connectivity index (χ4n) is 2.17. The second-order valence-electron chi connectivity index (χ2n) is 5.19. The molecule has 1 rings (SSSR count). The topological polar surface area (TPSA) is 48.3 Å². The molecule has 0 bridgehead atoms. The summed E-state index contributed by atoms with van der Waals surface area (Å²) >= 11 is 0. The molecule has 0 aromatic rings. The molecule has 0 amide bonds. The van der Waals surface area contributed by atoms with Crippen molar-refractivity contribution in [1.82, 2.24) is 10.2 Å². The van der Waals surface area contributed by atoms with Gasteiger partial charge in [0.2, 0.25) is 0 Å². The Morgan fingerprint density at radius 1 is 1.59 bits per heavy atom. The van der Waals surface area contributed by atoms with Gasteiger partial charge in [0.1, 0.15) is 5.54 Å². The summed E-state index contributed by atoms with van der Waals surface area (Å²) in [6.07, 6.45) is 4.73. The van der Waals surface area contributed by atoms with Crippen molar-refractivity contribution in [3.8, 4) is 6.07 Å². The van der Waals surface area contributed by atoms with E-state index < -0.39 is 0 Å². The standard InChI is InChI=1S/C13H25N3O/c1-13(11-14,15-2)7-5-8-16(3)10-12-6-4-9-17-12/h12,15H,4-10H2,1-3H3. The van der Waals surface area contributed by atoms with E-state index in [-0.39, 0.29) is 5.54 Å². The second-order valence-corrected chi connectivity index (χ2v) is 5.19. The molecule has 1 saturated heterocycles. The first kappa shape index (κ1) is 14.4. The van der Waals surface area contributed by atoms with E-state index >= 15 is 0 Å². The lowest BCUT2D eigenvalue weighted by Gasteiger charge is -2.24. The van der Waals surface area contributed by atoms with Crippen LogP contribution in [0.1, 0.15) is 32.6 Å². The Morgan fingerprint density at radius 3 is 2.88 bits per heavy atom. The van der Waals surface area contributed by atoms with Crippen molar-refractivity contribution in [2.45, 2.75) is 44.2 Å². The monoisotopic (exact) mass is 239 g/mol. The van der Waals surface area contributed by atoms with Gasteiger partial charge in [0.15, 0.2) is 0 Å². The number of nitrogens with one attached hydrogen (secondary N) is 1. The Labute approximate surface area is 105 Å². The van der Waals surface area contributed by atoms with Gasteiger partial charge in [-0.05, 0) is 53.2 Å². The summed E-state index contributed by atoms with van der Waals surface area (Å²) in [7, 11) is 3.98. The van der Waals surface area contributed by atoms with Crippen LogP contribution in [-0.4, -0.2) is 50.3 Å². The van der Waals surface area contributed by atoms with Crippen LogP contribution in [0.15, 0.2) is 0 Å². The maximum Gasteiger partial charge on any atom is 0.103 e. The van der Waals surface area contributed by atoms with E-state index in [1.807, 2.05) is 14.0 Å². The largest absolute Gasteiger partial charge is 0.377 e. The maximum absolute atomic E-state index is 9.03. The molecule has 17 heavy (non-hydrogen) atoms. The minimum absolute atomic E-state index is 0.384. The third-order valence-corrected chi connectivity index (χ3v) is 3.55. The molecule has 0 saturated carbocycles. The SMILES string of the molecule is CNC(C)(C#N)CCCN(C)CC1CCCO1. The summed E-state index contributed by atoms with van der Waals surface area (Å²) in [6.45, 7) is 4.92. The van der Waals surface area contributed by atoms with Crippen molar-refractivity contribution in [2.75, 3.05) is 33.8 Å². The van der Waals surface area contributed by atoms with Crippen LogP contribution < -0.4 is 5.32 Å². The van der Waals surface area contributed by atoms with Crippen LogP contribution >= 0.6 is 0 Å². The summed E-state index contributed by atoms with van der Waals surface area (Å²) in [5, 5.41) is 12.1. The quantitative estimate of drug-likeness (QED) is 0.729. The number of hydrogen-bond acceptors (Lipinski definition) is 4. The van der Waals surface area contributed by atoms with Crippen molar-refractivity contribution >= 4 is 0 Å². The first-order chi connectivity index (χ1) is 8.09. The number of rotatable bonds is 7. The molecule has 2 unspecified atom stereocenters. The van der Waals surface area contributed by atoms with Gasteiger partial charge in [0.25, 0.3) is 0 Å². The van der Waals surface area contributed by atoms with Crippen LogP contribution in [0.5, 0.6) is 0 Å². The minimum Gasteiger partial charge on any atom is -0.377 e. The van der Waals surface area contributed by atoms with Crippen molar-refractivity contribution in [3.05, 3.63) is 0 Å². The van der Waals surface area contributed by atoms with Gasteiger partial charge in [-0.3, -0.25) is 0 Å². The zero-order valence-electron chi connectivity index (χ0n) is 11.3. The zero-order chi connectivity index (χ0) is 12.7. The molecule has 0 radical (unpaired) electrons. The van der Waals surface area contributed by atoms with Crippen LogP contribution in [-0.2, 0) is 4.74 Å². The Bertz CT molecular complexity index is 258. The normalized spacial score (nSPS) is 23.6. The van der Waals surface area contributed by atoms with Gasteiger partial charge in [-0.25, -0.2) is 0 Å². The average molecular weight is 239 g/mol. The second kappa shape index (κ2) is 6.95. The molecule has 98 valence electrons. The smallest absolute Gasteiger partial charge is 0.103 e. The van der Waals surface area contributed by atoms with Crippen LogP contribution in [0.2, 0.25) is 0 Å². The predicted octanol–water partition coefficient (Wildman–Crippen LogP) is 1.38. The molecule has 1 aliphatic heterocycles. The molecule has 1 fully saturated rings. The van der Waals surface area contributed by atoms with E-state index in [1.54, 1.807) is 0 Å². The molecule has 4 heteroatoms. The molecule has 4 nitrogen and oxygen atoms in total. The lowest BCUT2D eigenvalue weighted by atomic mass is 9.98. The lowest BCUT2D eigenvalue weighted by Crippen LogP contribution is -2.39. The molecule has 1 aliphatic rings. The van der Waals surface area contributed by atoms with Gasteiger partial charge in [-0.15, -0.1) is 0 Å². The number of nitrogens with zero attached hydrogens (tertiary/aromatic N) is 2. The third-order valence-electron chi connectivity index (χ3n) is 3.55. The van der Waals surface area contributed by atoms with Crippen molar-refractivity contribution in [2.24, 2.45) is 0 Å². The van der Waals surface area contributed by atoms with E-state index in [4.69, 9.17) is 10.00 Å². The van der Waals surface area contributed by atoms with Gasteiger partial charge >= 0.3 is 0 Å². The zero-order valence-corrected chi connectivity index (χ0v) is 11.3. The minimum atomic E-state index is -0.384. The molecular weight excluding hydrogens is 214 g/mol. The van der Waals surface area contributed by atoms with Gasteiger partial charge in [0.05, 0.1) is 12.2 Å². The average Bonchev–Trinajstić information content (AvgIpc) is 2.81. The number of ether oxygens (including phenoxy) is 1. The van der Waals surface area contributed by atoms with Crippen LogP contribution in [0, 0.1) is 11.3 Å². The summed E-state index contributed by atoms with van der Waals surface area (Å²) < 4.78 is 5.61. The van der Waals surface area contributed by atoms with Crippen LogP contribution in [0.3, 0.4) is 0 Å². The summed E-state index contributed by atoms with van der Waals surface area (Å²) in [4.78, 5) is 2.31. The van der Waals surface area contributed by atoms with E-state index in [1.165, 1.54) is 12.8 Å². The van der Waals surface area contributed by atoms with Gasteiger partial charge in [-0.1, -0.05) is 0 Å². The lowest BCUT2D eigenvalue weighted by molar-refractivity contribution is 0.0804. The number of hydrogen-bond donors (Lipinski definition) is 1. The first-order valence-electron chi connectivity index (χ1n) is 6.50. The first-order valence-corrected chi connectivity index (χ1v) is 6.50. The Balaban J connectivity index is 2.15. The molecule has 0 aromatic carbocycles. The fourth-order valence-corrected chi connectivity index (χ4v) is 2.17. The highest BCUT2D eigenvalue weighted by Crippen LogP contribution is 2.14. The fraction of sp³-hybridized carbons (Fsp3) is 0.923. The van der Waals surface area contributed by atoms with Gasteiger partial charge in [0, 0.05) is 13.2 Å². The summed E-state index contributed by atoms with van der Waals surface area (Å²) in [5.74, 6) is 0. The Morgan fingerprint density at radius 2 is 2.35 bits per heavy atom. The summed E-state index contributed by atoms with van der Waals surface area (Å²) in [5.41, 5.74) is -0.384. The molecule has 0 spiro atoms. The van der Waals surface area contributed by atoms with Crippen molar-refractivity contribution in [3.63, 3.8) is 0 Å². The highest BCUT2D eigenvalue weighted by molar-refractivity contribution is 5.02. The molecule has 0 aromatic heterocycles. The van der Waals surface area contributed by atoms with Gasteiger partial charge in [-0.2, -0.15) is 5.26 Å². The van der Waals surface area contributed by atoms with E-state index in [9.17, 15) is 0 Å². The number of likely N-dealkylation sites (N-methyl/N-ethyl adjacent to an activating group) is 1. The summed E-state index contributed by atoms with van der Waals surface area (Å²) in [6, 6.07) is 2.32. The molecular formula is C13H25N3O. The van der Waals surface area contributed by atoms with E-state index in [0.717, 1.165) is 32.5 Å². The third kappa shape index (κ3) is 5.03. The van der Waals surface area contributed by atoms with E-state index in [2.05, 4.69) is 23.3 Å². The van der Waals surface area contributed by atoms with Crippen LogP contribution in [0.25, 0.3) is 0 Å². The molecule has 2 atom stereocenters. The predicted molar refractivity (Wildman–Crippen MR) is 68.8 cm³/mol. The Hall–Kier alpha value is -0.630. The van der Waals surface area contributed by atoms with Gasteiger partial charge < -0.3 is 15.0 Å². The molecule has 1 N–H and O–H groups in total. The van der Waals surface area contributed by atoms with Crippen molar-refractivity contribution in [1.29, 1.82) is 5.26 Å².